The van der Waals surface area contributed by atoms with E-state index in [1.54, 1.807) is 43.5 Å². The van der Waals surface area contributed by atoms with Crippen LogP contribution in [0.4, 0.5) is 5.69 Å². The van der Waals surface area contributed by atoms with Crippen LogP contribution in [0.2, 0.25) is 0 Å². The number of nitrogens with one attached hydrogen (secondary N) is 1. The van der Waals surface area contributed by atoms with E-state index >= 15 is 0 Å². The number of rotatable bonds is 7. The van der Waals surface area contributed by atoms with E-state index in [2.05, 4.69) is 10.3 Å². The third-order valence-electron chi connectivity index (χ3n) is 3.09. The molecule has 1 N–H and O–H groups in total. The number of anilines is 1. The Hall–Kier alpha value is -2.37. The summed E-state index contributed by atoms with van der Waals surface area (Å²) >= 11 is 2.73. The summed E-state index contributed by atoms with van der Waals surface area (Å²) in [6.07, 6.45) is 0.136. The number of hydrogen-bond acceptors (Lipinski definition) is 7. The van der Waals surface area contributed by atoms with Gasteiger partial charge in [0, 0.05) is 11.1 Å². The van der Waals surface area contributed by atoms with Gasteiger partial charge in [0.2, 0.25) is 5.91 Å². The van der Waals surface area contributed by atoms with Crippen LogP contribution in [0.5, 0.6) is 0 Å². The molecule has 0 spiro atoms. The molecule has 0 radical (unpaired) electrons. The number of nitriles is 1. The second kappa shape index (κ2) is 9.20. The molecule has 25 heavy (non-hydrogen) atoms. The minimum absolute atomic E-state index is 0.136. The summed E-state index contributed by atoms with van der Waals surface area (Å²) in [7, 11) is 0. The lowest BCUT2D eigenvalue weighted by Crippen LogP contribution is -2.22. The van der Waals surface area contributed by atoms with Gasteiger partial charge in [0.1, 0.15) is 0 Å². The summed E-state index contributed by atoms with van der Waals surface area (Å²) in [5.74, 6) is -0.465. The summed E-state index contributed by atoms with van der Waals surface area (Å²) in [4.78, 5) is 28.0. The fourth-order valence-corrected chi connectivity index (χ4v) is 3.84. The average Bonchev–Trinajstić information content (AvgIpc) is 3.02. The van der Waals surface area contributed by atoms with Gasteiger partial charge in [-0.2, -0.15) is 5.26 Å². The van der Waals surface area contributed by atoms with Crippen molar-refractivity contribution in [3.63, 3.8) is 0 Å². The second-order valence-electron chi connectivity index (χ2n) is 5.03. The molecule has 0 fully saturated rings. The maximum atomic E-state index is 12.2. The first-order valence-corrected chi connectivity index (χ1v) is 9.35. The number of aromatic nitrogens is 1. The summed E-state index contributed by atoms with van der Waals surface area (Å²) < 4.78 is 5.62. The first-order chi connectivity index (χ1) is 12.0. The maximum Gasteiger partial charge on any atom is 0.311 e. The molecule has 8 heteroatoms. The van der Waals surface area contributed by atoms with Crippen LogP contribution in [0.1, 0.15) is 25.1 Å². The number of amides is 1. The molecule has 0 unspecified atom stereocenters. The highest BCUT2D eigenvalue weighted by atomic mass is 32.2. The smallest absolute Gasteiger partial charge is 0.311 e. The largest absolute Gasteiger partial charge is 0.466 e. The quantitative estimate of drug-likeness (QED) is 0.590. The third-order valence-corrected chi connectivity index (χ3v) is 5.21. The molecule has 6 nitrogen and oxygen atoms in total. The summed E-state index contributed by atoms with van der Waals surface area (Å²) in [6.45, 7) is 3.89. The molecule has 1 atom stereocenters. The van der Waals surface area contributed by atoms with Crippen molar-refractivity contribution in [3.05, 3.63) is 40.9 Å². The van der Waals surface area contributed by atoms with Gasteiger partial charge >= 0.3 is 5.97 Å². The molecule has 130 valence electrons. The molecule has 0 aliphatic heterocycles. The van der Waals surface area contributed by atoms with Crippen molar-refractivity contribution in [2.75, 3.05) is 11.9 Å². The second-order valence-corrected chi connectivity index (χ2v) is 7.47. The zero-order chi connectivity index (χ0) is 18.2. The van der Waals surface area contributed by atoms with Crippen LogP contribution in [0.25, 0.3) is 0 Å². The van der Waals surface area contributed by atoms with Crippen LogP contribution >= 0.6 is 23.1 Å². The molecule has 0 aliphatic carbocycles. The average molecular weight is 375 g/mol. The highest BCUT2D eigenvalue weighted by Gasteiger charge is 2.17. The molecule has 0 saturated heterocycles. The van der Waals surface area contributed by atoms with Crippen molar-refractivity contribution in [2.45, 2.75) is 29.9 Å². The van der Waals surface area contributed by atoms with Gasteiger partial charge in [-0.25, -0.2) is 4.98 Å². The predicted octanol–water partition coefficient (Wildman–Crippen LogP) is 3.24. The van der Waals surface area contributed by atoms with E-state index < -0.39 is 0 Å². The van der Waals surface area contributed by atoms with Crippen LogP contribution in [0.15, 0.2) is 34.0 Å². The Morgan fingerprint density at radius 3 is 2.76 bits per heavy atom. The van der Waals surface area contributed by atoms with E-state index in [1.807, 2.05) is 6.07 Å². The van der Waals surface area contributed by atoms with Crippen LogP contribution < -0.4 is 5.32 Å². The van der Waals surface area contributed by atoms with Crippen molar-refractivity contribution >= 4 is 40.7 Å². The molecule has 2 rings (SSSR count). The summed E-state index contributed by atoms with van der Waals surface area (Å²) in [5, 5.41) is 13.0. The Morgan fingerprint density at radius 1 is 1.40 bits per heavy atom. The van der Waals surface area contributed by atoms with Crippen molar-refractivity contribution in [2.24, 2.45) is 0 Å². The van der Waals surface area contributed by atoms with E-state index in [1.165, 1.54) is 23.1 Å². The van der Waals surface area contributed by atoms with Gasteiger partial charge in [-0.05, 0) is 38.1 Å². The van der Waals surface area contributed by atoms with Crippen LogP contribution in [-0.2, 0) is 20.7 Å². The first kappa shape index (κ1) is 19.0. The number of ether oxygens (including phenoxy) is 1. The minimum Gasteiger partial charge on any atom is -0.466 e. The predicted molar refractivity (Wildman–Crippen MR) is 97.6 cm³/mol. The van der Waals surface area contributed by atoms with Gasteiger partial charge in [0.25, 0.3) is 0 Å². The molecule has 1 aromatic carbocycles. The Labute approximate surface area is 154 Å². The molecule has 1 amide bonds. The van der Waals surface area contributed by atoms with Gasteiger partial charge in [0.15, 0.2) is 4.34 Å². The zero-order valence-corrected chi connectivity index (χ0v) is 15.4. The Kier molecular flexibility index (Phi) is 6.98. The van der Waals surface area contributed by atoms with Crippen molar-refractivity contribution in [3.8, 4) is 6.07 Å². The monoisotopic (exact) mass is 375 g/mol. The number of thiazole rings is 1. The van der Waals surface area contributed by atoms with Crippen molar-refractivity contribution < 1.29 is 14.3 Å². The first-order valence-electron chi connectivity index (χ1n) is 7.59. The fraction of sp³-hybridized carbons (Fsp3) is 0.294. The topological polar surface area (TPSA) is 92.1 Å². The number of nitrogens with zero attached hydrogens (tertiary/aromatic N) is 2. The number of carbonyl (C=O) groups excluding carboxylic acids is 2. The normalized spacial score (nSPS) is 11.4. The van der Waals surface area contributed by atoms with E-state index in [0.29, 0.717) is 23.6 Å². The van der Waals surface area contributed by atoms with Crippen LogP contribution in [-0.4, -0.2) is 28.7 Å². The summed E-state index contributed by atoms with van der Waals surface area (Å²) in [6, 6.07) is 8.71. The summed E-state index contributed by atoms with van der Waals surface area (Å²) in [5.41, 5.74) is 1.82. The van der Waals surface area contributed by atoms with Crippen LogP contribution in [0.3, 0.4) is 0 Å². The Bertz CT molecular complexity index is 781. The fourth-order valence-electron chi connectivity index (χ4n) is 1.86. The molecule has 1 aromatic heterocycles. The van der Waals surface area contributed by atoms with E-state index in [0.717, 1.165) is 4.34 Å². The van der Waals surface area contributed by atoms with E-state index in [-0.39, 0.29) is 23.5 Å². The van der Waals surface area contributed by atoms with E-state index in [4.69, 9.17) is 10.00 Å². The number of carbonyl (C=O) groups is 2. The molecule has 1 heterocycles. The number of thioether (sulfide) groups is 1. The third kappa shape index (κ3) is 5.89. The lowest BCUT2D eigenvalue weighted by Gasteiger charge is -2.10. The molecule has 0 bridgehead atoms. The minimum atomic E-state index is -0.350. The molecular formula is C17H17N3O3S2. The highest BCUT2D eigenvalue weighted by molar-refractivity contribution is 8.02. The van der Waals surface area contributed by atoms with Gasteiger partial charge in [-0.1, -0.05) is 11.8 Å². The zero-order valence-electron chi connectivity index (χ0n) is 13.8. The van der Waals surface area contributed by atoms with Crippen molar-refractivity contribution in [1.82, 2.24) is 4.98 Å². The molecular weight excluding hydrogens is 358 g/mol. The highest BCUT2D eigenvalue weighted by Crippen LogP contribution is 2.27. The van der Waals surface area contributed by atoms with Gasteiger partial charge in [-0.3, -0.25) is 9.59 Å². The number of esters is 1. The molecule has 2 aromatic rings. The lowest BCUT2D eigenvalue weighted by molar-refractivity contribution is -0.142. The lowest BCUT2D eigenvalue weighted by atomic mass is 10.2. The maximum absolute atomic E-state index is 12.2. The Morgan fingerprint density at radius 2 is 2.12 bits per heavy atom. The van der Waals surface area contributed by atoms with E-state index in [9.17, 15) is 9.59 Å². The van der Waals surface area contributed by atoms with Crippen molar-refractivity contribution in [1.29, 1.82) is 5.26 Å². The molecule has 0 aliphatic rings. The van der Waals surface area contributed by atoms with Crippen LogP contribution in [0, 0.1) is 11.3 Å². The number of hydrogen-bond donors (Lipinski definition) is 1. The number of benzene rings is 1. The molecule has 0 saturated carbocycles. The SMILES string of the molecule is CCOC(=O)Cc1csc(S[C@H](C)C(=O)Nc2ccc(C#N)cc2)n1. The van der Waals surface area contributed by atoms with Gasteiger partial charge < -0.3 is 10.1 Å². The standard InChI is InChI=1S/C17H17N3O3S2/c1-3-23-15(21)8-14-10-24-17(20-14)25-11(2)16(22)19-13-6-4-12(9-18)5-7-13/h4-7,10-11H,3,8H2,1-2H3,(H,19,22)/t11-/m1/s1. The van der Waals surface area contributed by atoms with Gasteiger partial charge in [0.05, 0.1) is 35.6 Å². The Balaban J connectivity index is 1.89. The van der Waals surface area contributed by atoms with Gasteiger partial charge in [-0.15, -0.1) is 11.3 Å².